The van der Waals surface area contributed by atoms with Crippen LogP contribution in [0.2, 0.25) is 0 Å². The second-order valence-corrected chi connectivity index (χ2v) is 13.2. The summed E-state index contributed by atoms with van der Waals surface area (Å²) in [4.78, 5) is 0. The van der Waals surface area contributed by atoms with Gasteiger partial charge in [0.25, 0.3) is 0 Å². The van der Waals surface area contributed by atoms with Crippen molar-refractivity contribution in [3.63, 3.8) is 0 Å². The molecule has 0 bridgehead atoms. The molecule has 0 aliphatic carbocycles. The maximum Gasteiger partial charge on any atom is 0.135 e. The van der Waals surface area contributed by atoms with E-state index in [1.54, 1.807) is 0 Å². The molecule has 46 heavy (non-hydrogen) atoms. The summed E-state index contributed by atoms with van der Waals surface area (Å²) in [6, 6.07) is 52.8. The standard InChI is InChI=1S/C42H24N2OS/c1-5-13-34-27(9-1)28-10-2-6-14-35(28)43(34)26-17-19-32-37(24-26)44(25-18-22-39-33(23-25)29-11-3-7-15-38(29)45-39)36-21-20-31-30-12-4-8-16-40(30)46-42(31)41(32)36/h1-24H. The summed E-state index contributed by atoms with van der Waals surface area (Å²) in [7, 11) is 0. The van der Waals surface area contributed by atoms with E-state index in [4.69, 9.17) is 4.42 Å². The van der Waals surface area contributed by atoms with Crippen molar-refractivity contribution in [2.24, 2.45) is 0 Å². The second kappa shape index (κ2) is 8.87. The highest BCUT2D eigenvalue weighted by atomic mass is 32.1. The molecule has 0 saturated carbocycles. The van der Waals surface area contributed by atoms with Gasteiger partial charge < -0.3 is 13.6 Å². The number of thiophene rings is 1. The maximum absolute atomic E-state index is 6.23. The molecule has 0 spiro atoms. The van der Waals surface area contributed by atoms with Crippen LogP contribution in [-0.2, 0) is 0 Å². The van der Waals surface area contributed by atoms with Crippen molar-refractivity contribution in [1.29, 1.82) is 0 Å². The molecule has 0 aliphatic rings. The molecule has 0 atom stereocenters. The van der Waals surface area contributed by atoms with Crippen LogP contribution >= 0.6 is 11.3 Å². The molecule has 0 unspecified atom stereocenters. The molecule has 214 valence electrons. The first-order valence-electron chi connectivity index (χ1n) is 15.6. The van der Waals surface area contributed by atoms with Gasteiger partial charge in [0, 0.05) is 63.9 Å². The number of nitrogens with zero attached hydrogens (tertiary/aromatic N) is 2. The normalized spacial score (nSPS) is 12.3. The van der Waals surface area contributed by atoms with E-state index >= 15 is 0 Å². The highest BCUT2D eigenvalue weighted by Crippen LogP contribution is 2.44. The summed E-state index contributed by atoms with van der Waals surface area (Å²) >= 11 is 1.89. The molecule has 0 saturated heterocycles. The first-order chi connectivity index (χ1) is 22.8. The quantitative estimate of drug-likeness (QED) is 0.192. The molecule has 0 amide bonds. The Labute approximate surface area is 266 Å². The van der Waals surface area contributed by atoms with Gasteiger partial charge in [-0.2, -0.15) is 0 Å². The van der Waals surface area contributed by atoms with Gasteiger partial charge in [-0.1, -0.05) is 84.9 Å². The van der Waals surface area contributed by atoms with Gasteiger partial charge in [-0.25, -0.2) is 0 Å². The average molecular weight is 605 g/mol. The van der Waals surface area contributed by atoms with Crippen LogP contribution in [0.15, 0.2) is 150 Å². The van der Waals surface area contributed by atoms with Crippen molar-refractivity contribution >= 4 is 97.1 Å². The third-order valence-corrected chi connectivity index (χ3v) is 10.9. The molecule has 7 aromatic carbocycles. The van der Waals surface area contributed by atoms with E-state index in [1.807, 2.05) is 23.5 Å². The molecule has 11 aromatic rings. The van der Waals surface area contributed by atoms with Gasteiger partial charge in [0.1, 0.15) is 11.2 Å². The summed E-state index contributed by atoms with van der Waals surface area (Å²) in [6.45, 7) is 0. The van der Waals surface area contributed by atoms with Crippen LogP contribution in [0.5, 0.6) is 0 Å². The van der Waals surface area contributed by atoms with Crippen molar-refractivity contribution in [2.45, 2.75) is 0 Å². The lowest BCUT2D eigenvalue weighted by Gasteiger charge is -2.11. The Morgan fingerprint density at radius 2 is 1.00 bits per heavy atom. The van der Waals surface area contributed by atoms with E-state index in [2.05, 4.69) is 143 Å². The number of rotatable bonds is 2. The molecule has 4 aromatic heterocycles. The number of hydrogen-bond donors (Lipinski definition) is 0. The zero-order valence-electron chi connectivity index (χ0n) is 24.6. The van der Waals surface area contributed by atoms with Gasteiger partial charge >= 0.3 is 0 Å². The Bertz CT molecular complexity index is 2990. The fourth-order valence-corrected chi connectivity index (χ4v) is 9.00. The predicted octanol–water partition coefficient (Wildman–Crippen LogP) is 12.1. The Balaban J connectivity index is 1.29. The monoisotopic (exact) mass is 604 g/mol. The molecule has 4 heterocycles. The minimum atomic E-state index is 0.906. The van der Waals surface area contributed by atoms with Gasteiger partial charge in [0.2, 0.25) is 0 Å². The minimum Gasteiger partial charge on any atom is -0.456 e. The van der Waals surface area contributed by atoms with Crippen LogP contribution in [0.3, 0.4) is 0 Å². The summed E-state index contributed by atoms with van der Waals surface area (Å²) in [5, 5.41) is 10.00. The highest BCUT2D eigenvalue weighted by Gasteiger charge is 2.20. The molecule has 0 fully saturated rings. The zero-order chi connectivity index (χ0) is 29.9. The molecule has 4 heteroatoms. The maximum atomic E-state index is 6.23. The molecular formula is C42H24N2OS. The molecular weight excluding hydrogens is 581 g/mol. The molecule has 3 nitrogen and oxygen atoms in total. The predicted molar refractivity (Wildman–Crippen MR) is 195 cm³/mol. The van der Waals surface area contributed by atoms with Crippen molar-refractivity contribution in [3.05, 3.63) is 146 Å². The number of hydrogen-bond acceptors (Lipinski definition) is 2. The van der Waals surface area contributed by atoms with E-state index in [-0.39, 0.29) is 0 Å². The van der Waals surface area contributed by atoms with Crippen molar-refractivity contribution in [1.82, 2.24) is 9.13 Å². The third-order valence-electron chi connectivity index (χ3n) is 9.71. The van der Waals surface area contributed by atoms with E-state index in [1.165, 1.54) is 63.8 Å². The van der Waals surface area contributed by atoms with Crippen molar-refractivity contribution in [3.8, 4) is 11.4 Å². The lowest BCUT2D eigenvalue weighted by Crippen LogP contribution is -1.97. The Morgan fingerprint density at radius 1 is 0.391 bits per heavy atom. The number of benzene rings is 7. The van der Waals surface area contributed by atoms with Crippen LogP contribution in [0.4, 0.5) is 0 Å². The lowest BCUT2D eigenvalue weighted by atomic mass is 10.1. The Morgan fingerprint density at radius 3 is 1.83 bits per heavy atom. The Kier molecular flexibility index (Phi) is 4.72. The number of fused-ring (bicyclic) bond motifs is 13. The summed E-state index contributed by atoms with van der Waals surface area (Å²) in [5.41, 5.74) is 8.91. The van der Waals surface area contributed by atoms with E-state index in [0.717, 1.165) is 33.3 Å². The molecule has 0 radical (unpaired) electrons. The van der Waals surface area contributed by atoms with Gasteiger partial charge in [-0.05, 0) is 60.7 Å². The van der Waals surface area contributed by atoms with Gasteiger partial charge in [0.15, 0.2) is 0 Å². The van der Waals surface area contributed by atoms with Crippen LogP contribution in [0, 0.1) is 0 Å². The number of furan rings is 1. The van der Waals surface area contributed by atoms with Gasteiger partial charge in [-0.15, -0.1) is 11.3 Å². The van der Waals surface area contributed by atoms with Gasteiger partial charge in [0.05, 0.1) is 22.1 Å². The zero-order valence-corrected chi connectivity index (χ0v) is 25.4. The topological polar surface area (TPSA) is 23.0 Å². The lowest BCUT2D eigenvalue weighted by molar-refractivity contribution is 0.669. The summed E-state index contributed by atoms with van der Waals surface area (Å²) in [6.07, 6.45) is 0. The number of para-hydroxylation sites is 3. The van der Waals surface area contributed by atoms with E-state index < -0.39 is 0 Å². The Hall–Kier alpha value is -5.84. The van der Waals surface area contributed by atoms with Crippen LogP contribution in [-0.4, -0.2) is 9.13 Å². The first kappa shape index (κ1) is 24.5. The first-order valence-corrected chi connectivity index (χ1v) is 16.4. The summed E-state index contributed by atoms with van der Waals surface area (Å²) in [5.74, 6) is 0. The fourth-order valence-electron chi connectivity index (χ4n) is 7.74. The van der Waals surface area contributed by atoms with Crippen LogP contribution < -0.4 is 0 Å². The SMILES string of the molecule is c1ccc2c(c1)oc1ccc(-n3c4cc(-n5c6ccccc6c6ccccc65)ccc4c4c5sc6ccccc6c5ccc43)cc12. The third kappa shape index (κ3) is 3.16. The minimum absolute atomic E-state index is 0.906. The smallest absolute Gasteiger partial charge is 0.135 e. The largest absolute Gasteiger partial charge is 0.456 e. The van der Waals surface area contributed by atoms with E-state index in [0.29, 0.717) is 0 Å². The van der Waals surface area contributed by atoms with Crippen molar-refractivity contribution < 1.29 is 4.42 Å². The van der Waals surface area contributed by atoms with Crippen LogP contribution in [0.1, 0.15) is 0 Å². The van der Waals surface area contributed by atoms with Crippen molar-refractivity contribution in [2.75, 3.05) is 0 Å². The second-order valence-electron chi connectivity index (χ2n) is 12.1. The molecule has 0 aliphatic heterocycles. The highest BCUT2D eigenvalue weighted by molar-refractivity contribution is 7.26. The van der Waals surface area contributed by atoms with Gasteiger partial charge in [-0.3, -0.25) is 0 Å². The molecule has 11 rings (SSSR count). The molecule has 0 N–H and O–H groups in total. The average Bonchev–Trinajstić information content (AvgIpc) is 3.85. The fraction of sp³-hybridized carbons (Fsp3) is 0. The van der Waals surface area contributed by atoms with E-state index in [9.17, 15) is 0 Å². The van der Waals surface area contributed by atoms with Crippen LogP contribution in [0.25, 0.3) is 97.1 Å². The number of aromatic nitrogens is 2. The summed E-state index contributed by atoms with van der Waals surface area (Å²) < 4.78 is 13.7.